The Hall–Kier alpha value is -4.06. The number of hydrogen-bond donors (Lipinski definition) is 2. The van der Waals surface area contributed by atoms with Crippen molar-refractivity contribution in [2.75, 3.05) is 18.9 Å². The van der Waals surface area contributed by atoms with Gasteiger partial charge in [0.05, 0.1) is 13.2 Å². The summed E-state index contributed by atoms with van der Waals surface area (Å²) in [5.41, 5.74) is 5.44. The molecule has 0 saturated heterocycles. The van der Waals surface area contributed by atoms with Crippen molar-refractivity contribution in [3.05, 3.63) is 51.9 Å². The molecule has 3 rings (SSSR count). The molecule has 0 bridgehead atoms. The van der Waals surface area contributed by atoms with Crippen LogP contribution in [0.25, 0.3) is 11.2 Å². The number of carbonyl (C=O) groups is 2. The van der Waals surface area contributed by atoms with Gasteiger partial charge in [-0.25, -0.2) is 9.78 Å². The fraction of sp³-hybridized carbons (Fsp3) is 0.364. The minimum Gasteiger partial charge on any atom is -0.471 e. The van der Waals surface area contributed by atoms with Crippen LogP contribution in [0.2, 0.25) is 0 Å². The van der Waals surface area contributed by atoms with Crippen LogP contribution in [0, 0.1) is 0 Å². The Balaban J connectivity index is 2.16. The molecule has 34 heavy (non-hydrogen) atoms. The van der Waals surface area contributed by atoms with E-state index in [2.05, 4.69) is 15.0 Å². The zero-order valence-electron chi connectivity index (χ0n) is 18.9. The van der Waals surface area contributed by atoms with Crippen molar-refractivity contribution >= 4 is 29.1 Å². The van der Waals surface area contributed by atoms with Gasteiger partial charge in [0.2, 0.25) is 11.8 Å². The van der Waals surface area contributed by atoms with E-state index in [9.17, 15) is 19.5 Å². The van der Waals surface area contributed by atoms with Crippen molar-refractivity contribution in [2.24, 2.45) is 7.05 Å². The first kappa shape index (κ1) is 24.6. The maximum Gasteiger partial charge on any atom is 0.336 e. The summed E-state index contributed by atoms with van der Waals surface area (Å²) in [6, 6.07) is 9.22. The third kappa shape index (κ3) is 5.12. The van der Waals surface area contributed by atoms with Crippen LogP contribution in [0.1, 0.15) is 31.0 Å². The Morgan fingerprint density at radius 1 is 1.06 bits per heavy atom. The first-order chi connectivity index (χ1) is 16.3. The van der Waals surface area contributed by atoms with Gasteiger partial charge in [-0.2, -0.15) is 9.97 Å². The Kier molecular flexibility index (Phi) is 7.74. The number of aliphatic hydroxyl groups is 1. The minimum absolute atomic E-state index is 0.00703. The number of nitrogen functional groups attached to an aromatic ring is 1. The highest BCUT2D eigenvalue weighted by Crippen LogP contribution is 2.25. The number of ether oxygens (including phenoxy) is 3. The van der Waals surface area contributed by atoms with E-state index in [0.29, 0.717) is 0 Å². The van der Waals surface area contributed by atoms with E-state index in [-0.39, 0.29) is 42.8 Å². The van der Waals surface area contributed by atoms with E-state index >= 15 is 0 Å². The van der Waals surface area contributed by atoms with Crippen LogP contribution in [0.4, 0.5) is 5.95 Å². The number of fused-ring (bicyclic) bond motifs is 1. The van der Waals surface area contributed by atoms with Gasteiger partial charge in [-0.1, -0.05) is 30.3 Å². The third-order valence-electron chi connectivity index (χ3n) is 4.82. The molecular weight excluding hydrogens is 446 g/mol. The highest BCUT2D eigenvalue weighted by atomic mass is 16.6. The molecule has 0 aliphatic rings. The van der Waals surface area contributed by atoms with E-state index in [1.807, 2.05) is 30.3 Å². The Morgan fingerprint density at radius 2 is 1.71 bits per heavy atom. The van der Waals surface area contributed by atoms with Gasteiger partial charge in [-0.05, 0) is 19.4 Å². The van der Waals surface area contributed by atoms with Gasteiger partial charge < -0.3 is 25.1 Å². The summed E-state index contributed by atoms with van der Waals surface area (Å²) in [6.45, 7) is 3.10. The van der Waals surface area contributed by atoms with E-state index in [1.165, 1.54) is 14.0 Å². The van der Waals surface area contributed by atoms with Crippen molar-refractivity contribution in [3.63, 3.8) is 0 Å². The molecule has 0 aliphatic carbocycles. The maximum atomic E-state index is 13.1. The Morgan fingerprint density at radius 3 is 2.35 bits per heavy atom. The topological polar surface area (TPSA) is 169 Å². The van der Waals surface area contributed by atoms with Crippen LogP contribution >= 0.6 is 0 Å². The zero-order valence-corrected chi connectivity index (χ0v) is 18.9. The average molecular weight is 471 g/mol. The molecule has 1 aromatic carbocycles. The van der Waals surface area contributed by atoms with Crippen molar-refractivity contribution in [1.82, 2.24) is 19.5 Å². The van der Waals surface area contributed by atoms with Crippen LogP contribution in [0.3, 0.4) is 0 Å². The molecular formula is C22H25N5O7. The number of carbonyl (C=O) groups excluding carboxylic acids is 2. The predicted octanol–water partition coefficient (Wildman–Crippen LogP) is 0.455. The second-order valence-electron chi connectivity index (χ2n) is 7.12. The van der Waals surface area contributed by atoms with Crippen molar-refractivity contribution in [2.45, 2.75) is 32.5 Å². The summed E-state index contributed by atoms with van der Waals surface area (Å²) in [5.74, 6) is -4.07. The summed E-state index contributed by atoms with van der Waals surface area (Å²) in [7, 11) is 1.38. The van der Waals surface area contributed by atoms with Crippen molar-refractivity contribution in [1.29, 1.82) is 0 Å². The maximum absolute atomic E-state index is 13.1. The highest BCUT2D eigenvalue weighted by molar-refractivity contribution is 5.88. The quantitative estimate of drug-likeness (QED) is 0.416. The van der Waals surface area contributed by atoms with E-state index in [4.69, 9.17) is 19.9 Å². The third-order valence-corrected chi connectivity index (χ3v) is 4.82. The molecule has 0 radical (unpaired) electrons. The number of aliphatic hydroxyl groups excluding tert-OH is 1. The SMILES string of the molecule is CCOC(=O)[C@H](O)[C@@H](C(=O)OCC)c1nc2c(OCc3ccccc3)nc(N)nc2n(C)c1=O. The molecule has 3 aromatic rings. The van der Waals surface area contributed by atoms with Crippen LogP contribution in [-0.2, 0) is 32.7 Å². The summed E-state index contributed by atoms with van der Waals surface area (Å²) in [5, 5.41) is 10.6. The second kappa shape index (κ2) is 10.7. The lowest BCUT2D eigenvalue weighted by Gasteiger charge is -2.20. The monoisotopic (exact) mass is 471 g/mol. The molecule has 0 aliphatic heterocycles. The minimum atomic E-state index is -2.03. The molecule has 0 amide bonds. The van der Waals surface area contributed by atoms with E-state index < -0.39 is 35.2 Å². The number of nitrogens with zero attached hydrogens (tertiary/aromatic N) is 4. The van der Waals surface area contributed by atoms with Gasteiger partial charge >= 0.3 is 11.9 Å². The fourth-order valence-electron chi connectivity index (χ4n) is 3.22. The zero-order chi connectivity index (χ0) is 24.8. The van der Waals surface area contributed by atoms with Crippen LogP contribution < -0.4 is 16.0 Å². The van der Waals surface area contributed by atoms with Gasteiger partial charge in [0.15, 0.2) is 17.3 Å². The average Bonchev–Trinajstić information content (AvgIpc) is 2.82. The summed E-state index contributed by atoms with van der Waals surface area (Å²) < 4.78 is 16.7. The van der Waals surface area contributed by atoms with E-state index in [1.54, 1.807) is 6.92 Å². The van der Waals surface area contributed by atoms with Gasteiger partial charge in [-0.3, -0.25) is 14.2 Å². The number of anilines is 1. The van der Waals surface area contributed by atoms with Gasteiger partial charge in [0.1, 0.15) is 18.2 Å². The fourth-order valence-corrected chi connectivity index (χ4v) is 3.22. The molecule has 0 spiro atoms. The van der Waals surface area contributed by atoms with Crippen LogP contribution in [-0.4, -0.2) is 55.9 Å². The molecule has 0 fully saturated rings. The lowest BCUT2D eigenvalue weighted by Crippen LogP contribution is -2.40. The number of nitrogens with two attached hydrogens (primary N) is 1. The van der Waals surface area contributed by atoms with E-state index in [0.717, 1.165) is 10.1 Å². The summed E-state index contributed by atoms with van der Waals surface area (Å²) in [4.78, 5) is 50.4. The lowest BCUT2D eigenvalue weighted by molar-refractivity contribution is -0.162. The Bertz CT molecular complexity index is 1250. The second-order valence-corrected chi connectivity index (χ2v) is 7.12. The van der Waals surface area contributed by atoms with Gasteiger partial charge in [-0.15, -0.1) is 0 Å². The molecule has 2 aromatic heterocycles. The van der Waals surface area contributed by atoms with Crippen LogP contribution in [0.5, 0.6) is 5.88 Å². The number of rotatable bonds is 9. The summed E-state index contributed by atoms with van der Waals surface area (Å²) in [6.07, 6.45) is -2.03. The molecule has 2 atom stereocenters. The predicted molar refractivity (Wildman–Crippen MR) is 120 cm³/mol. The summed E-state index contributed by atoms with van der Waals surface area (Å²) >= 11 is 0. The number of aryl methyl sites for hydroxylation is 1. The van der Waals surface area contributed by atoms with Gasteiger partial charge in [0, 0.05) is 7.05 Å². The van der Waals surface area contributed by atoms with Crippen molar-refractivity contribution < 1.29 is 28.9 Å². The largest absolute Gasteiger partial charge is 0.471 e. The first-order valence-corrected chi connectivity index (χ1v) is 10.5. The Labute approximate surface area is 194 Å². The molecule has 3 N–H and O–H groups in total. The normalized spacial score (nSPS) is 12.7. The van der Waals surface area contributed by atoms with Gasteiger partial charge in [0.25, 0.3) is 5.56 Å². The van der Waals surface area contributed by atoms with Crippen LogP contribution in [0.15, 0.2) is 35.1 Å². The molecule has 180 valence electrons. The number of aromatic nitrogens is 4. The number of hydrogen-bond acceptors (Lipinski definition) is 11. The van der Waals surface area contributed by atoms with Crippen molar-refractivity contribution in [3.8, 4) is 5.88 Å². The molecule has 12 heteroatoms. The molecule has 0 unspecified atom stereocenters. The number of benzene rings is 1. The molecule has 2 heterocycles. The molecule has 0 saturated carbocycles. The smallest absolute Gasteiger partial charge is 0.336 e. The molecule has 12 nitrogen and oxygen atoms in total. The lowest BCUT2D eigenvalue weighted by atomic mass is 9.98. The standard InChI is InChI=1S/C22H25N5O7/c1-4-32-20(30)13(16(28)21(31)33-5-2)14-19(29)27(3)17-15(24-14)18(26-22(23)25-17)34-11-12-9-7-6-8-10-12/h6-10,13,16,28H,4-5,11H2,1-3H3,(H2,23,25,26)/t13-,16+/m0/s1. The first-order valence-electron chi connectivity index (χ1n) is 10.5. The highest BCUT2D eigenvalue weighted by Gasteiger charge is 2.40. The number of esters is 2.